The fraction of sp³-hybridized carbons (Fsp3) is 0.786. The van der Waals surface area contributed by atoms with Gasteiger partial charge in [-0.05, 0) is 25.2 Å². The zero-order valence-electron chi connectivity index (χ0n) is 13.0. The van der Waals surface area contributed by atoms with Gasteiger partial charge in [-0.2, -0.15) is 0 Å². The third-order valence-corrected chi connectivity index (χ3v) is 2.92. The van der Waals surface area contributed by atoms with Crippen LogP contribution in [0.4, 0.5) is 0 Å². The van der Waals surface area contributed by atoms with E-state index in [2.05, 4.69) is 5.32 Å². The Morgan fingerprint density at radius 2 is 1.76 bits per heavy atom. The number of aliphatic hydroxyl groups excluding tert-OH is 1. The van der Waals surface area contributed by atoms with Crippen LogP contribution in [0, 0.1) is 11.8 Å². The number of carboxylic acids is 1. The fourth-order valence-electron chi connectivity index (χ4n) is 1.85. The maximum Gasteiger partial charge on any atom is 0.326 e. The quantitative estimate of drug-likeness (QED) is 0.536. The summed E-state index contributed by atoms with van der Waals surface area (Å²) in [6.07, 6.45) is -1.14. The number of carbonyl (C=O) groups is 3. The minimum absolute atomic E-state index is 0.103. The molecule has 122 valence electrons. The van der Waals surface area contributed by atoms with E-state index in [9.17, 15) is 19.5 Å². The Hall–Kier alpha value is -1.63. The predicted octanol–water partition coefficient (Wildman–Crippen LogP) is 0.552. The molecule has 3 N–H and O–H groups in total. The summed E-state index contributed by atoms with van der Waals surface area (Å²) in [4.78, 5) is 34.3. The van der Waals surface area contributed by atoms with E-state index in [0.717, 1.165) is 0 Å². The highest BCUT2D eigenvalue weighted by Crippen LogP contribution is 2.12. The molecule has 0 rings (SSSR count). The van der Waals surface area contributed by atoms with Gasteiger partial charge < -0.3 is 20.3 Å². The Kier molecular flexibility index (Phi) is 8.61. The van der Waals surface area contributed by atoms with E-state index in [4.69, 9.17) is 9.84 Å². The molecule has 0 radical (unpaired) electrons. The van der Waals surface area contributed by atoms with Crippen molar-refractivity contribution in [2.24, 2.45) is 11.8 Å². The molecule has 0 aromatic heterocycles. The molecule has 0 aromatic rings. The van der Waals surface area contributed by atoms with Crippen LogP contribution in [0.3, 0.4) is 0 Å². The van der Waals surface area contributed by atoms with Crippen molar-refractivity contribution in [2.45, 2.75) is 52.7 Å². The number of carboxylic acid groups (broad SMARTS) is 1. The number of ether oxygens (including phenoxy) is 1. The predicted molar refractivity (Wildman–Crippen MR) is 75.4 cm³/mol. The molecule has 0 bridgehead atoms. The van der Waals surface area contributed by atoms with Gasteiger partial charge in [-0.15, -0.1) is 0 Å². The molecule has 0 heterocycles. The molecule has 0 spiro atoms. The minimum atomic E-state index is -1.26. The normalized spacial score (nSPS) is 15.1. The Morgan fingerprint density at radius 3 is 2.19 bits per heavy atom. The lowest BCUT2D eigenvalue weighted by Crippen LogP contribution is -2.49. The molecule has 0 unspecified atom stereocenters. The average Bonchev–Trinajstić information content (AvgIpc) is 2.34. The average molecular weight is 303 g/mol. The number of nitrogens with one attached hydrogen (secondary N) is 1. The molecule has 0 saturated carbocycles. The number of aliphatic carboxylic acids is 1. The van der Waals surface area contributed by atoms with Crippen molar-refractivity contribution in [2.75, 3.05) is 6.61 Å². The van der Waals surface area contributed by atoms with Crippen molar-refractivity contribution in [3.8, 4) is 0 Å². The maximum atomic E-state index is 11.8. The Balaban J connectivity index is 4.65. The second kappa shape index (κ2) is 9.33. The molecule has 1 amide bonds. The molecule has 3 atom stereocenters. The monoisotopic (exact) mass is 303 g/mol. The SMILES string of the molecule is CCOC(=O)C[C@@H](C)[C@@H](NC(=O)[C@H](O)CC(C)C)C(=O)O. The van der Waals surface area contributed by atoms with E-state index < -0.39 is 35.9 Å². The molecular weight excluding hydrogens is 278 g/mol. The van der Waals surface area contributed by atoms with Gasteiger partial charge in [-0.3, -0.25) is 9.59 Å². The summed E-state index contributed by atoms with van der Waals surface area (Å²) in [5.41, 5.74) is 0. The van der Waals surface area contributed by atoms with Gasteiger partial charge in [0.1, 0.15) is 12.1 Å². The summed E-state index contributed by atoms with van der Waals surface area (Å²) >= 11 is 0. The number of aliphatic hydroxyl groups is 1. The van der Waals surface area contributed by atoms with Crippen molar-refractivity contribution in [1.29, 1.82) is 0 Å². The molecule has 7 nitrogen and oxygen atoms in total. The minimum Gasteiger partial charge on any atom is -0.480 e. The summed E-state index contributed by atoms with van der Waals surface area (Å²) in [6, 6.07) is -1.25. The molecule has 0 saturated heterocycles. The van der Waals surface area contributed by atoms with Crippen LogP contribution in [0.1, 0.15) is 40.5 Å². The van der Waals surface area contributed by atoms with Crippen LogP contribution in [-0.4, -0.2) is 46.8 Å². The van der Waals surface area contributed by atoms with Crippen molar-refractivity contribution in [3.05, 3.63) is 0 Å². The first-order valence-electron chi connectivity index (χ1n) is 7.05. The van der Waals surface area contributed by atoms with E-state index in [1.54, 1.807) is 6.92 Å². The maximum absolute atomic E-state index is 11.8. The lowest BCUT2D eigenvalue weighted by molar-refractivity contribution is -0.148. The second-order valence-corrected chi connectivity index (χ2v) is 5.46. The molecular formula is C14H25NO6. The van der Waals surface area contributed by atoms with Gasteiger partial charge in [0.25, 0.3) is 0 Å². The van der Waals surface area contributed by atoms with E-state index in [-0.39, 0.29) is 25.4 Å². The number of esters is 1. The summed E-state index contributed by atoms with van der Waals surface area (Å²) in [7, 11) is 0. The topological polar surface area (TPSA) is 113 Å². The third-order valence-electron chi connectivity index (χ3n) is 2.92. The molecule has 0 aliphatic carbocycles. The lowest BCUT2D eigenvalue weighted by atomic mass is 9.97. The number of carbonyl (C=O) groups excluding carboxylic acids is 2. The van der Waals surface area contributed by atoms with E-state index in [0.29, 0.717) is 0 Å². The molecule has 7 heteroatoms. The van der Waals surface area contributed by atoms with Gasteiger partial charge in [0.15, 0.2) is 0 Å². The van der Waals surface area contributed by atoms with Crippen LogP contribution in [0.15, 0.2) is 0 Å². The Labute approximate surface area is 124 Å². The van der Waals surface area contributed by atoms with Gasteiger partial charge in [0, 0.05) is 0 Å². The summed E-state index contributed by atoms with van der Waals surface area (Å²) in [5.74, 6) is -3.06. The smallest absolute Gasteiger partial charge is 0.326 e. The molecule has 0 aromatic carbocycles. The van der Waals surface area contributed by atoms with E-state index in [1.807, 2.05) is 13.8 Å². The standard InChI is InChI=1S/C14H25NO6/c1-5-21-11(17)7-9(4)12(14(19)20)15-13(18)10(16)6-8(2)3/h8-10,12,16H,5-7H2,1-4H3,(H,15,18)(H,19,20)/t9-,10-,12-/m1/s1. The number of rotatable bonds is 9. The van der Waals surface area contributed by atoms with Gasteiger partial charge in [-0.1, -0.05) is 20.8 Å². The van der Waals surface area contributed by atoms with Crippen molar-refractivity contribution < 1.29 is 29.3 Å². The number of hydrogen-bond acceptors (Lipinski definition) is 5. The highest BCUT2D eigenvalue weighted by atomic mass is 16.5. The Bertz CT molecular complexity index is 368. The fourth-order valence-corrected chi connectivity index (χ4v) is 1.85. The zero-order valence-corrected chi connectivity index (χ0v) is 13.0. The largest absolute Gasteiger partial charge is 0.480 e. The molecule has 0 aliphatic rings. The molecule has 0 fully saturated rings. The van der Waals surface area contributed by atoms with Gasteiger partial charge in [-0.25, -0.2) is 4.79 Å². The third kappa shape index (κ3) is 7.65. The van der Waals surface area contributed by atoms with Gasteiger partial charge >= 0.3 is 11.9 Å². The van der Waals surface area contributed by atoms with Crippen LogP contribution < -0.4 is 5.32 Å². The van der Waals surface area contributed by atoms with E-state index in [1.165, 1.54) is 6.92 Å². The van der Waals surface area contributed by atoms with Crippen molar-refractivity contribution in [1.82, 2.24) is 5.32 Å². The first-order chi connectivity index (χ1) is 9.68. The van der Waals surface area contributed by atoms with Crippen LogP contribution in [-0.2, 0) is 19.1 Å². The van der Waals surface area contributed by atoms with Crippen LogP contribution in [0.2, 0.25) is 0 Å². The van der Waals surface area contributed by atoms with Gasteiger partial charge in [0.2, 0.25) is 5.91 Å². The highest BCUT2D eigenvalue weighted by Gasteiger charge is 2.30. The van der Waals surface area contributed by atoms with Crippen molar-refractivity contribution in [3.63, 3.8) is 0 Å². The number of amides is 1. The molecule has 0 aliphatic heterocycles. The van der Waals surface area contributed by atoms with Crippen molar-refractivity contribution >= 4 is 17.8 Å². The first kappa shape index (κ1) is 19.4. The Morgan fingerprint density at radius 1 is 1.19 bits per heavy atom. The zero-order chi connectivity index (χ0) is 16.6. The summed E-state index contributed by atoms with van der Waals surface area (Å²) < 4.78 is 4.75. The van der Waals surface area contributed by atoms with Crippen LogP contribution in [0.25, 0.3) is 0 Å². The molecule has 21 heavy (non-hydrogen) atoms. The highest BCUT2D eigenvalue weighted by molar-refractivity contribution is 5.86. The lowest BCUT2D eigenvalue weighted by Gasteiger charge is -2.22. The van der Waals surface area contributed by atoms with Crippen LogP contribution >= 0.6 is 0 Å². The summed E-state index contributed by atoms with van der Waals surface area (Å²) in [6.45, 7) is 7.08. The van der Waals surface area contributed by atoms with Gasteiger partial charge in [0.05, 0.1) is 13.0 Å². The first-order valence-corrected chi connectivity index (χ1v) is 7.05. The second-order valence-electron chi connectivity index (χ2n) is 5.46. The summed E-state index contributed by atoms with van der Waals surface area (Å²) in [5, 5.41) is 21.1. The number of hydrogen-bond donors (Lipinski definition) is 3. The van der Waals surface area contributed by atoms with Crippen LogP contribution in [0.5, 0.6) is 0 Å². The van der Waals surface area contributed by atoms with E-state index >= 15 is 0 Å².